The molecule has 3 aliphatic heterocycles. The summed E-state index contributed by atoms with van der Waals surface area (Å²) in [5.74, 6) is -1.58. The molecule has 3 N–H and O–H groups in total. The van der Waals surface area contributed by atoms with Gasteiger partial charge in [0.1, 0.15) is 6.17 Å². The second-order valence-corrected chi connectivity index (χ2v) is 10.9. The number of carbonyl (C=O) groups excluding carboxylic acids is 3. The van der Waals surface area contributed by atoms with Gasteiger partial charge in [0.05, 0.1) is 0 Å². The maximum absolute atomic E-state index is 13.2. The van der Waals surface area contributed by atoms with E-state index in [1.54, 1.807) is 22.0 Å². The van der Waals surface area contributed by atoms with E-state index in [4.69, 9.17) is 0 Å². The van der Waals surface area contributed by atoms with Gasteiger partial charge in [-0.25, -0.2) is 10.4 Å². The highest BCUT2D eigenvalue weighted by atomic mass is 79.9. The van der Waals surface area contributed by atoms with Gasteiger partial charge in [-0.2, -0.15) is 0 Å². The van der Waals surface area contributed by atoms with Gasteiger partial charge >= 0.3 is 0 Å². The molecule has 2 unspecified atom stereocenters. The van der Waals surface area contributed by atoms with Crippen molar-refractivity contribution in [2.45, 2.75) is 45.3 Å². The Morgan fingerprint density at radius 1 is 1.31 bits per heavy atom. The Bertz CT molecular complexity index is 1130. The highest BCUT2D eigenvalue weighted by Crippen LogP contribution is 2.34. The summed E-state index contributed by atoms with van der Waals surface area (Å²) in [6.07, 6.45) is 5.40. The van der Waals surface area contributed by atoms with Crippen LogP contribution in [0.1, 0.15) is 32.3 Å². The van der Waals surface area contributed by atoms with Gasteiger partial charge in [0.2, 0.25) is 5.88 Å². The lowest BCUT2D eigenvalue weighted by Gasteiger charge is -2.42. The van der Waals surface area contributed by atoms with Crippen molar-refractivity contribution in [1.82, 2.24) is 20.7 Å². The molecular formula is C25H30BrN5O4. The van der Waals surface area contributed by atoms with E-state index in [9.17, 15) is 19.5 Å². The molecule has 9 nitrogen and oxygen atoms in total. The minimum atomic E-state index is -0.549. The van der Waals surface area contributed by atoms with Crippen LogP contribution in [0.25, 0.3) is 0 Å². The molecule has 0 radical (unpaired) electrons. The molecule has 1 saturated carbocycles. The molecule has 2 fully saturated rings. The number of hydrogen-bond donors (Lipinski definition) is 3. The molecule has 186 valence electrons. The topological polar surface area (TPSA) is 105 Å². The number of fused-ring (bicyclic) bond motifs is 2. The Labute approximate surface area is 212 Å². The number of nitrogens with one attached hydrogen (secondary N) is 2. The van der Waals surface area contributed by atoms with Crippen molar-refractivity contribution in [2.75, 3.05) is 24.5 Å². The zero-order chi connectivity index (χ0) is 24.9. The molecule has 3 heterocycles. The Morgan fingerprint density at radius 2 is 2.09 bits per heavy atom. The Morgan fingerprint density at radius 3 is 2.80 bits per heavy atom. The third-order valence-electron chi connectivity index (χ3n) is 6.78. The van der Waals surface area contributed by atoms with Gasteiger partial charge < -0.3 is 20.2 Å². The van der Waals surface area contributed by atoms with Crippen LogP contribution in [0.5, 0.6) is 0 Å². The van der Waals surface area contributed by atoms with Crippen LogP contribution in [0.15, 0.2) is 46.3 Å². The number of amides is 3. The summed E-state index contributed by atoms with van der Waals surface area (Å²) >= 11 is 3.48. The average Bonchev–Trinajstić information content (AvgIpc) is 3.35. The first-order chi connectivity index (χ1) is 16.7. The molecule has 5 rings (SSSR count). The summed E-state index contributed by atoms with van der Waals surface area (Å²) in [5.41, 5.74) is 4.89. The summed E-state index contributed by atoms with van der Waals surface area (Å²) in [5, 5.41) is 15.3. The third kappa shape index (κ3) is 4.56. The third-order valence-corrected chi connectivity index (χ3v) is 7.28. The molecule has 1 aliphatic carbocycles. The van der Waals surface area contributed by atoms with Crippen LogP contribution in [0, 0.1) is 11.8 Å². The maximum atomic E-state index is 13.2. The van der Waals surface area contributed by atoms with Crippen molar-refractivity contribution < 1.29 is 19.5 Å². The second-order valence-electron chi connectivity index (χ2n) is 9.98. The van der Waals surface area contributed by atoms with E-state index >= 15 is 0 Å². The average molecular weight is 544 g/mol. The quantitative estimate of drug-likeness (QED) is 0.375. The molecule has 0 spiro atoms. The number of carbonyl (C=O) groups is 3. The number of nitrogens with zero attached hydrogens (tertiary/aromatic N) is 3. The van der Waals surface area contributed by atoms with Gasteiger partial charge in [0.25, 0.3) is 17.7 Å². The van der Waals surface area contributed by atoms with Crippen LogP contribution in [-0.2, 0) is 20.8 Å². The number of hydrazine groups is 1. The number of aliphatic hydroxyl groups excluding tert-OH is 1. The highest BCUT2D eigenvalue weighted by Gasteiger charge is 2.49. The summed E-state index contributed by atoms with van der Waals surface area (Å²) in [6, 6.07) is 5.97. The number of halogens is 1. The van der Waals surface area contributed by atoms with Crippen molar-refractivity contribution in [3.05, 3.63) is 51.8 Å². The van der Waals surface area contributed by atoms with Crippen LogP contribution in [-0.4, -0.2) is 64.6 Å². The number of hydrogen-bond acceptors (Lipinski definition) is 6. The molecule has 0 aromatic heterocycles. The normalized spacial score (nSPS) is 24.0. The van der Waals surface area contributed by atoms with E-state index in [-0.39, 0.29) is 35.2 Å². The van der Waals surface area contributed by atoms with Crippen molar-refractivity contribution in [1.29, 1.82) is 0 Å². The van der Waals surface area contributed by atoms with Crippen LogP contribution in [0.2, 0.25) is 0 Å². The van der Waals surface area contributed by atoms with Crippen molar-refractivity contribution >= 4 is 39.3 Å². The number of rotatable bonds is 6. The van der Waals surface area contributed by atoms with Gasteiger partial charge in [-0.1, -0.05) is 35.9 Å². The lowest BCUT2D eigenvalue weighted by atomic mass is 10.0. The lowest BCUT2D eigenvalue weighted by molar-refractivity contribution is -0.142. The van der Waals surface area contributed by atoms with Crippen LogP contribution in [0.4, 0.5) is 5.69 Å². The maximum Gasteiger partial charge on any atom is 0.280 e. The lowest BCUT2D eigenvalue weighted by Crippen LogP contribution is -2.59. The van der Waals surface area contributed by atoms with Crippen molar-refractivity contribution in [3.63, 3.8) is 0 Å². The van der Waals surface area contributed by atoms with Gasteiger partial charge in [-0.05, 0) is 55.0 Å². The van der Waals surface area contributed by atoms with E-state index in [1.165, 1.54) is 5.01 Å². The Hall–Kier alpha value is -2.85. The SMILES string of the molecule is CC(C)CN1C(O)=C(C(=O)NC2CC2)C(=O)N2NCC(/C=C/C(=O)N3CCc4cc(Br)ccc43)C12. The Kier molecular flexibility index (Phi) is 6.35. The Balaban J connectivity index is 1.38. The van der Waals surface area contributed by atoms with Crippen LogP contribution in [0.3, 0.4) is 0 Å². The van der Waals surface area contributed by atoms with Gasteiger partial charge in [-0.3, -0.25) is 14.4 Å². The fourth-order valence-electron chi connectivity index (χ4n) is 4.98. The summed E-state index contributed by atoms with van der Waals surface area (Å²) in [4.78, 5) is 42.5. The van der Waals surface area contributed by atoms with Gasteiger partial charge in [0, 0.05) is 41.8 Å². The van der Waals surface area contributed by atoms with Crippen molar-refractivity contribution in [2.24, 2.45) is 11.8 Å². The standard InChI is InChI=1S/C25H30BrN5O4/c1-14(2)13-30-23-16(3-8-20(32)29-10-9-15-11-17(26)4-7-19(15)29)12-27-31(23)25(35)21(24(30)34)22(33)28-18-5-6-18/h3-4,7-8,11,14,16,18,23,27,34H,5-6,9-10,12-13H2,1-2H3,(H,28,33)/b8-3+. The number of aliphatic hydroxyl groups is 1. The summed E-state index contributed by atoms with van der Waals surface area (Å²) in [6.45, 7) is 5.50. The fraction of sp³-hybridized carbons (Fsp3) is 0.480. The minimum absolute atomic E-state index is 0.0666. The fourth-order valence-corrected chi connectivity index (χ4v) is 5.38. The molecule has 10 heteroatoms. The number of anilines is 1. The highest BCUT2D eigenvalue weighted by molar-refractivity contribution is 9.10. The first-order valence-electron chi connectivity index (χ1n) is 12.1. The molecular weight excluding hydrogens is 514 g/mol. The zero-order valence-corrected chi connectivity index (χ0v) is 21.4. The van der Waals surface area contributed by atoms with Crippen LogP contribution < -0.4 is 15.6 Å². The van der Waals surface area contributed by atoms with Crippen LogP contribution >= 0.6 is 15.9 Å². The molecule has 1 aromatic carbocycles. The molecule has 3 amide bonds. The van der Waals surface area contributed by atoms with E-state index in [1.807, 2.05) is 32.0 Å². The second kappa shape index (κ2) is 9.31. The largest absolute Gasteiger partial charge is 0.494 e. The van der Waals surface area contributed by atoms with E-state index < -0.39 is 18.0 Å². The molecule has 2 atom stereocenters. The predicted molar refractivity (Wildman–Crippen MR) is 134 cm³/mol. The predicted octanol–water partition coefficient (Wildman–Crippen LogP) is 2.20. The minimum Gasteiger partial charge on any atom is -0.494 e. The smallest absolute Gasteiger partial charge is 0.280 e. The van der Waals surface area contributed by atoms with E-state index in [0.29, 0.717) is 19.6 Å². The van der Waals surface area contributed by atoms with E-state index in [0.717, 1.165) is 35.0 Å². The van der Waals surface area contributed by atoms with Crippen molar-refractivity contribution in [3.8, 4) is 0 Å². The van der Waals surface area contributed by atoms with Gasteiger partial charge in [0.15, 0.2) is 5.57 Å². The molecule has 1 aromatic rings. The molecule has 4 aliphatic rings. The molecule has 35 heavy (non-hydrogen) atoms. The first kappa shape index (κ1) is 23.9. The summed E-state index contributed by atoms with van der Waals surface area (Å²) in [7, 11) is 0. The number of benzene rings is 1. The zero-order valence-electron chi connectivity index (χ0n) is 19.8. The first-order valence-corrected chi connectivity index (χ1v) is 12.9. The van der Waals surface area contributed by atoms with E-state index in [2.05, 4.69) is 26.7 Å². The summed E-state index contributed by atoms with van der Waals surface area (Å²) < 4.78 is 0.989. The molecule has 1 saturated heterocycles. The monoisotopic (exact) mass is 543 g/mol. The van der Waals surface area contributed by atoms with Gasteiger partial charge in [-0.15, -0.1) is 0 Å². The molecule has 0 bridgehead atoms.